The first-order chi connectivity index (χ1) is 11.6. The Morgan fingerprint density at radius 1 is 0.750 bits per heavy atom. The third-order valence-electron chi connectivity index (χ3n) is 4.68. The molecule has 0 radical (unpaired) electrons. The first kappa shape index (κ1) is 17.9. The summed E-state index contributed by atoms with van der Waals surface area (Å²) < 4.78 is 0. The molecule has 0 aliphatic heterocycles. The fourth-order valence-corrected chi connectivity index (χ4v) is 3.19. The zero-order chi connectivity index (χ0) is 17.2. The van der Waals surface area contributed by atoms with E-state index < -0.39 is 20.8 Å². The van der Waals surface area contributed by atoms with Gasteiger partial charge in [-0.1, -0.05) is 26.0 Å². The van der Waals surface area contributed by atoms with E-state index in [2.05, 4.69) is 86.6 Å². The van der Waals surface area contributed by atoms with Crippen LogP contribution in [0.25, 0.3) is 21.5 Å². The van der Waals surface area contributed by atoms with Gasteiger partial charge in [-0.05, 0) is 5.41 Å². The van der Waals surface area contributed by atoms with Gasteiger partial charge in [0.1, 0.15) is 0 Å². The van der Waals surface area contributed by atoms with Crippen molar-refractivity contribution in [3.63, 3.8) is 0 Å². The van der Waals surface area contributed by atoms with Crippen LogP contribution in [0.1, 0.15) is 25.0 Å². The van der Waals surface area contributed by atoms with E-state index in [4.69, 9.17) is 17.0 Å². The van der Waals surface area contributed by atoms with E-state index in [1.807, 2.05) is 0 Å². The Morgan fingerprint density at radius 3 is 1.50 bits per heavy atom. The molecule has 3 heteroatoms. The third kappa shape index (κ3) is 3.54. The molecule has 4 aromatic carbocycles. The van der Waals surface area contributed by atoms with Crippen molar-refractivity contribution in [2.75, 3.05) is 0 Å². The van der Waals surface area contributed by atoms with Gasteiger partial charge in [-0.3, -0.25) is 0 Å². The van der Waals surface area contributed by atoms with Crippen molar-refractivity contribution in [1.29, 1.82) is 0 Å². The molecule has 0 saturated heterocycles. The molecule has 4 aromatic rings. The Bertz CT molecular complexity index is 804. The topological polar surface area (TPSA) is 0 Å². The van der Waals surface area contributed by atoms with Gasteiger partial charge in [0.05, 0.1) is 0 Å². The second-order valence-corrected chi connectivity index (χ2v) is 10.2. The number of benzene rings is 2. The van der Waals surface area contributed by atoms with Crippen LogP contribution in [0.3, 0.4) is 0 Å². The summed E-state index contributed by atoms with van der Waals surface area (Å²) in [5.74, 6) is 0. The third-order valence-corrected chi connectivity index (χ3v) is 4.68. The van der Waals surface area contributed by atoms with Crippen LogP contribution in [0.4, 0.5) is 0 Å². The second kappa shape index (κ2) is 7.56. The quantitative estimate of drug-likeness (QED) is 0.296. The van der Waals surface area contributed by atoms with E-state index in [1.54, 1.807) is 0 Å². The number of hydrogen-bond acceptors (Lipinski definition) is 0. The van der Waals surface area contributed by atoms with Crippen molar-refractivity contribution < 1.29 is 20.8 Å². The fourth-order valence-electron chi connectivity index (χ4n) is 3.19. The molecule has 0 N–H and O–H groups in total. The average molecular weight is 433 g/mol. The standard InChI is InChI=1S/C21H18.2ClH.Zr/c1-21(2,19-11-15-7-3-4-8-16(15)12-19)20-13-17-9-5-6-10-18(17)14-20;;;/h3-14H,1-2H3;2*1H;/q-2;;;+4/p-2. The Balaban J connectivity index is 0.000000526. The van der Waals surface area contributed by atoms with Crippen LogP contribution in [-0.4, -0.2) is 0 Å². The number of rotatable bonds is 2. The van der Waals surface area contributed by atoms with Gasteiger partial charge in [0, 0.05) is 0 Å². The zero-order valence-electron chi connectivity index (χ0n) is 13.7. The molecule has 24 heavy (non-hydrogen) atoms. The molecule has 0 nitrogen and oxygen atoms in total. The fraction of sp³-hybridized carbons (Fsp3) is 0.143. The van der Waals surface area contributed by atoms with Gasteiger partial charge in [-0.2, -0.15) is 12.1 Å². The SMILES string of the molecule is CC(C)(c1cc2ccccc2[cH-]1)c1cc2ccccc2[cH-]1.[Cl][Zr+2][Cl]. The molecule has 0 saturated carbocycles. The first-order valence-corrected chi connectivity index (χ1v) is 14.2. The Hall–Kier alpha value is -0.877. The maximum atomic E-state index is 4.93. The van der Waals surface area contributed by atoms with Crippen molar-refractivity contribution in [2.45, 2.75) is 19.3 Å². The number of halogens is 2. The van der Waals surface area contributed by atoms with E-state index in [0.29, 0.717) is 0 Å². The molecule has 0 aliphatic rings. The Labute approximate surface area is 161 Å². The van der Waals surface area contributed by atoms with E-state index in [9.17, 15) is 0 Å². The predicted octanol–water partition coefficient (Wildman–Crippen LogP) is 7.13. The van der Waals surface area contributed by atoms with Crippen LogP contribution in [0, 0.1) is 0 Å². The van der Waals surface area contributed by atoms with Crippen molar-refractivity contribution in [3.8, 4) is 0 Å². The van der Waals surface area contributed by atoms with Crippen LogP contribution in [0.5, 0.6) is 0 Å². The summed E-state index contributed by atoms with van der Waals surface area (Å²) in [5, 5.41) is 5.32. The molecule has 4 rings (SSSR count). The van der Waals surface area contributed by atoms with E-state index >= 15 is 0 Å². The molecule has 0 heterocycles. The summed E-state index contributed by atoms with van der Waals surface area (Å²) >= 11 is -0.826. The minimum absolute atomic E-state index is 0.0258. The van der Waals surface area contributed by atoms with Gasteiger partial charge in [-0.25, -0.2) is 0 Å². The summed E-state index contributed by atoms with van der Waals surface area (Å²) in [6.45, 7) is 4.63. The van der Waals surface area contributed by atoms with Crippen LogP contribution in [0.2, 0.25) is 0 Å². The Morgan fingerprint density at radius 2 is 1.12 bits per heavy atom. The van der Waals surface area contributed by atoms with Gasteiger partial charge in [0.15, 0.2) is 0 Å². The van der Waals surface area contributed by atoms with Crippen molar-refractivity contribution >= 4 is 38.6 Å². The van der Waals surface area contributed by atoms with Crippen molar-refractivity contribution in [1.82, 2.24) is 0 Å². The molecule has 0 bridgehead atoms. The molecule has 0 amide bonds. The second-order valence-electron chi connectivity index (χ2n) is 6.44. The summed E-state index contributed by atoms with van der Waals surface area (Å²) in [7, 11) is 9.87. The van der Waals surface area contributed by atoms with E-state index in [1.165, 1.54) is 32.7 Å². The molecule has 0 aromatic heterocycles. The van der Waals surface area contributed by atoms with Crippen LogP contribution in [0.15, 0.2) is 72.8 Å². The monoisotopic (exact) mass is 430 g/mol. The molecule has 0 unspecified atom stereocenters. The maximum absolute atomic E-state index is 4.93. The average Bonchev–Trinajstić information content (AvgIpc) is 3.20. The zero-order valence-corrected chi connectivity index (χ0v) is 17.7. The normalized spacial score (nSPS) is 11.2. The van der Waals surface area contributed by atoms with E-state index in [0.717, 1.165) is 0 Å². The molecule has 0 atom stereocenters. The summed E-state index contributed by atoms with van der Waals surface area (Å²) in [6.07, 6.45) is 0. The summed E-state index contributed by atoms with van der Waals surface area (Å²) in [5.41, 5.74) is 2.80. The minimum atomic E-state index is -0.826. The molecule has 0 spiro atoms. The number of hydrogen-bond donors (Lipinski definition) is 0. The van der Waals surface area contributed by atoms with Crippen LogP contribution < -0.4 is 0 Å². The summed E-state index contributed by atoms with van der Waals surface area (Å²) in [6, 6.07) is 26.5. The molecule has 120 valence electrons. The van der Waals surface area contributed by atoms with Gasteiger partial charge >= 0.3 is 37.9 Å². The van der Waals surface area contributed by atoms with Crippen LogP contribution >= 0.6 is 17.0 Å². The van der Waals surface area contributed by atoms with Gasteiger partial charge < -0.3 is 0 Å². The molecule has 0 aliphatic carbocycles. The summed E-state index contributed by atoms with van der Waals surface area (Å²) in [4.78, 5) is 0. The molecule has 0 fully saturated rings. The molecular weight excluding hydrogens is 414 g/mol. The van der Waals surface area contributed by atoms with Crippen LogP contribution in [-0.2, 0) is 26.3 Å². The van der Waals surface area contributed by atoms with Gasteiger partial charge in [0.25, 0.3) is 0 Å². The van der Waals surface area contributed by atoms with Crippen molar-refractivity contribution in [2.24, 2.45) is 0 Å². The predicted molar refractivity (Wildman–Crippen MR) is 103 cm³/mol. The Kier molecular flexibility index (Phi) is 5.65. The van der Waals surface area contributed by atoms with Gasteiger partial charge in [-0.15, -0.1) is 81.2 Å². The van der Waals surface area contributed by atoms with Gasteiger partial charge in [0.2, 0.25) is 0 Å². The van der Waals surface area contributed by atoms with Crippen molar-refractivity contribution in [3.05, 3.63) is 83.9 Å². The first-order valence-electron chi connectivity index (χ1n) is 7.84. The molecular formula is C21H18Cl2Zr. The number of fused-ring (bicyclic) bond motifs is 2. The van der Waals surface area contributed by atoms with E-state index in [-0.39, 0.29) is 5.41 Å².